The third-order valence-corrected chi connectivity index (χ3v) is 4.70. The number of benzene rings is 1. The van der Waals surface area contributed by atoms with E-state index >= 15 is 0 Å². The van der Waals surface area contributed by atoms with Gasteiger partial charge < -0.3 is 20.1 Å². The molecule has 1 aromatic carbocycles. The number of aliphatic imine (C=N–C) groups is 1. The fourth-order valence-corrected chi connectivity index (χ4v) is 3.22. The van der Waals surface area contributed by atoms with Crippen molar-refractivity contribution in [2.45, 2.75) is 52.1 Å². The lowest BCUT2D eigenvalue weighted by atomic mass is 10.1. The van der Waals surface area contributed by atoms with Crippen LogP contribution in [0.15, 0.2) is 29.3 Å². The molecule has 0 spiro atoms. The number of guanidine groups is 1. The van der Waals surface area contributed by atoms with Gasteiger partial charge in [0.2, 0.25) is 0 Å². The molecule has 0 fully saturated rings. The Balaban J connectivity index is 0.00000300. The van der Waals surface area contributed by atoms with Crippen molar-refractivity contribution in [3.63, 3.8) is 0 Å². The molecule has 8 nitrogen and oxygen atoms in total. The van der Waals surface area contributed by atoms with Crippen LogP contribution in [0.2, 0.25) is 0 Å². The van der Waals surface area contributed by atoms with Crippen molar-refractivity contribution in [1.29, 1.82) is 0 Å². The second kappa shape index (κ2) is 12.1. The van der Waals surface area contributed by atoms with Crippen LogP contribution in [-0.4, -0.2) is 47.5 Å². The molecule has 1 aromatic heterocycles. The Morgan fingerprint density at radius 3 is 2.69 bits per heavy atom. The first kappa shape index (κ1) is 23.6. The minimum atomic E-state index is 0. The molecule has 29 heavy (non-hydrogen) atoms. The van der Waals surface area contributed by atoms with Gasteiger partial charge in [-0.1, -0.05) is 24.3 Å². The maximum Gasteiger partial charge on any atom is 0.191 e. The van der Waals surface area contributed by atoms with Gasteiger partial charge in [0.25, 0.3) is 0 Å². The Labute approximate surface area is 189 Å². The standard InChI is InChI=1S/C20H30N6O2.HI/c1-4-28-13-16-7-5-15(6-8-16)11-22-20(21-2)23-17-9-10-19-24-18(14-27-3)25-26(19)12-17;/h5-8,17H,4,9-14H2,1-3H3,(H2,21,22,23);1H. The number of halogens is 1. The highest BCUT2D eigenvalue weighted by Gasteiger charge is 2.22. The van der Waals surface area contributed by atoms with Crippen molar-refractivity contribution in [2.75, 3.05) is 20.8 Å². The third-order valence-electron chi connectivity index (χ3n) is 4.70. The number of fused-ring (bicyclic) bond motifs is 1. The number of rotatable bonds is 8. The lowest BCUT2D eigenvalue weighted by Gasteiger charge is -2.25. The normalized spacial score (nSPS) is 16.1. The Morgan fingerprint density at radius 2 is 2.00 bits per heavy atom. The zero-order valence-corrected chi connectivity index (χ0v) is 19.7. The maximum atomic E-state index is 5.44. The molecular formula is C20H31IN6O2. The molecule has 2 heterocycles. The van der Waals surface area contributed by atoms with Gasteiger partial charge in [-0.3, -0.25) is 4.99 Å². The van der Waals surface area contributed by atoms with Crippen LogP contribution in [0.4, 0.5) is 0 Å². The van der Waals surface area contributed by atoms with Crippen molar-refractivity contribution in [1.82, 2.24) is 25.4 Å². The molecule has 1 aliphatic rings. The SMILES string of the molecule is CCOCc1ccc(CNC(=NC)NC2CCc3nc(COC)nn3C2)cc1.I. The monoisotopic (exact) mass is 514 g/mol. The number of aromatic nitrogens is 3. The molecule has 9 heteroatoms. The fourth-order valence-electron chi connectivity index (χ4n) is 3.22. The predicted molar refractivity (Wildman–Crippen MR) is 123 cm³/mol. The largest absolute Gasteiger partial charge is 0.377 e. The van der Waals surface area contributed by atoms with Crippen molar-refractivity contribution in [2.24, 2.45) is 4.99 Å². The summed E-state index contributed by atoms with van der Waals surface area (Å²) in [5.41, 5.74) is 2.39. The molecule has 1 unspecified atom stereocenters. The lowest BCUT2D eigenvalue weighted by Crippen LogP contribution is -2.46. The second-order valence-corrected chi connectivity index (χ2v) is 6.82. The van der Waals surface area contributed by atoms with Gasteiger partial charge in [-0.25, -0.2) is 9.67 Å². The average Bonchev–Trinajstić information content (AvgIpc) is 3.12. The summed E-state index contributed by atoms with van der Waals surface area (Å²) in [4.78, 5) is 8.88. The van der Waals surface area contributed by atoms with Crippen LogP contribution in [0.1, 0.15) is 36.1 Å². The van der Waals surface area contributed by atoms with Crippen LogP contribution in [0, 0.1) is 0 Å². The highest BCUT2D eigenvalue weighted by molar-refractivity contribution is 14.0. The molecule has 2 aromatic rings. The summed E-state index contributed by atoms with van der Waals surface area (Å²) in [5, 5.41) is 11.4. The van der Waals surface area contributed by atoms with Crippen molar-refractivity contribution >= 4 is 29.9 Å². The number of ether oxygens (including phenoxy) is 2. The number of nitrogens with one attached hydrogen (secondary N) is 2. The molecule has 1 aliphatic heterocycles. The van der Waals surface area contributed by atoms with Crippen LogP contribution in [0.5, 0.6) is 0 Å². The first-order chi connectivity index (χ1) is 13.7. The summed E-state index contributed by atoms with van der Waals surface area (Å²) >= 11 is 0. The topological polar surface area (TPSA) is 85.6 Å². The van der Waals surface area contributed by atoms with Gasteiger partial charge in [0.15, 0.2) is 11.8 Å². The number of hydrogen-bond donors (Lipinski definition) is 2. The van der Waals surface area contributed by atoms with E-state index in [-0.39, 0.29) is 30.0 Å². The molecule has 160 valence electrons. The lowest BCUT2D eigenvalue weighted by molar-refractivity contribution is 0.134. The molecule has 0 saturated heterocycles. The summed E-state index contributed by atoms with van der Waals surface area (Å²) in [5.74, 6) is 2.57. The van der Waals surface area contributed by atoms with Gasteiger partial charge in [-0.05, 0) is 24.5 Å². The van der Waals surface area contributed by atoms with Gasteiger partial charge >= 0.3 is 0 Å². The van der Waals surface area contributed by atoms with E-state index in [0.29, 0.717) is 19.8 Å². The van der Waals surface area contributed by atoms with Gasteiger partial charge in [0, 0.05) is 39.8 Å². The number of nitrogens with zero attached hydrogens (tertiary/aromatic N) is 4. The maximum absolute atomic E-state index is 5.44. The summed E-state index contributed by atoms with van der Waals surface area (Å²) in [7, 11) is 3.45. The second-order valence-electron chi connectivity index (χ2n) is 6.82. The smallest absolute Gasteiger partial charge is 0.191 e. The zero-order chi connectivity index (χ0) is 19.8. The number of hydrogen-bond acceptors (Lipinski definition) is 5. The highest BCUT2D eigenvalue weighted by atomic mass is 127. The van der Waals surface area contributed by atoms with E-state index in [2.05, 4.69) is 50.0 Å². The van der Waals surface area contributed by atoms with E-state index < -0.39 is 0 Å². The van der Waals surface area contributed by atoms with Crippen LogP contribution >= 0.6 is 24.0 Å². The van der Waals surface area contributed by atoms with Gasteiger partial charge in [-0.15, -0.1) is 24.0 Å². The van der Waals surface area contributed by atoms with Gasteiger partial charge in [0.05, 0.1) is 13.2 Å². The fraction of sp³-hybridized carbons (Fsp3) is 0.550. The molecule has 0 radical (unpaired) electrons. The Morgan fingerprint density at radius 1 is 1.24 bits per heavy atom. The average molecular weight is 514 g/mol. The van der Waals surface area contributed by atoms with Crippen molar-refractivity contribution in [3.8, 4) is 0 Å². The minimum absolute atomic E-state index is 0. The third kappa shape index (κ3) is 6.93. The predicted octanol–water partition coefficient (Wildman–Crippen LogP) is 2.26. The van der Waals surface area contributed by atoms with Crippen molar-refractivity contribution in [3.05, 3.63) is 47.0 Å². The van der Waals surface area contributed by atoms with Crippen LogP contribution < -0.4 is 10.6 Å². The molecule has 0 amide bonds. The van der Waals surface area contributed by atoms with Gasteiger partial charge in [-0.2, -0.15) is 5.10 Å². The molecule has 2 N–H and O–H groups in total. The summed E-state index contributed by atoms with van der Waals surface area (Å²) in [6, 6.07) is 8.72. The summed E-state index contributed by atoms with van der Waals surface area (Å²) < 4.78 is 12.5. The molecule has 0 aliphatic carbocycles. The van der Waals surface area contributed by atoms with Crippen LogP contribution in [-0.2, 0) is 42.2 Å². The molecule has 0 bridgehead atoms. The number of aryl methyl sites for hydroxylation is 1. The first-order valence-corrected chi connectivity index (χ1v) is 9.76. The van der Waals surface area contributed by atoms with E-state index in [9.17, 15) is 0 Å². The minimum Gasteiger partial charge on any atom is -0.377 e. The van der Waals surface area contributed by atoms with Crippen LogP contribution in [0.25, 0.3) is 0 Å². The summed E-state index contributed by atoms with van der Waals surface area (Å²) in [6.45, 7) is 5.34. The zero-order valence-electron chi connectivity index (χ0n) is 17.4. The first-order valence-electron chi connectivity index (χ1n) is 9.76. The molecular weight excluding hydrogens is 483 g/mol. The van der Waals surface area contributed by atoms with E-state index in [1.165, 1.54) is 11.1 Å². The van der Waals surface area contributed by atoms with E-state index in [1.54, 1.807) is 14.2 Å². The Kier molecular flexibility index (Phi) is 9.82. The van der Waals surface area contributed by atoms with Crippen LogP contribution in [0.3, 0.4) is 0 Å². The van der Waals surface area contributed by atoms with Gasteiger partial charge in [0.1, 0.15) is 12.4 Å². The Hall–Kier alpha value is -1.72. The van der Waals surface area contributed by atoms with Crippen molar-refractivity contribution < 1.29 is 9.47 Å². The summed E-state index contributed by atoms with van der Waals surface area (Å²) in [6.07, 6.45) is 1.89. The Bertz CT molecular complexity index is 778. The number of methoxy groups -OCH3 is 1. The molecule has 1 atom stereocenters. The quantitative estimate of drug-likeness (QED) is 0.320. The molecule has 3 rings (SSSR count). The van der Waals surface area contributed by atoms with E-state index in [1.807, 2.05) is 11.6 Å². The van der Waals surface area contributed by atoms with E-state index in [0.717, 1.165) is 43.6 Å². The molecule has 0 saturated carbocycles. The highest BCUT2D eigenvalue weighted by Crippen LogP contribution is 2.13. The van der Waals surface area contributed by atoms with E-state index in [4.69, 9.17) is 9.47 Å².